The normalized spacial score (nSPS) is 11.4. The molecule has 2 rings (SSSR count). The van der Waals surface area contributed by atoms with Gasteiger partial charge in [0.1, 0.15) is 0 Å². The molecule has 0 aliphatic rings. The quantitative estimate of drug-likeness (QED) is 0.939. The zero-order valence-electron chi connectivity index (χ0n) is 8.84. The van der Waals surface area contributed by atoms with Gasteiger partial charge in [-0.2, -0.15) is 0 Å². The molecule has 4 nitrogen and oxygen atoms in total. The highest BCUT2D eigenvalue weighted by atomic mass is 79.9. The van der Waals surface area contributed by atoms with E-state index in [1.54, 1.807) is 36.7 Å². The van der Waals surface area contributed by atoms with Crippen LogP contribution in [-0.4, -0.2) is 13.4 Å². The van der Waals surface area contributed by atoms with Gasteiger partial charge in [-0.15, -0.1) is 11.3 Å². The third-order valence-electron chi connectivity index (χ3n) is 2.09. The zero-order valence-corrected chi connectivity index (χ0v) is 12.1. The summed E-state index contributed by atoms with van der Waals surface area (Å²) in [5.74, 6) is 0. The fourth-order valence-electron chi connectivity index (χ4n) is 1.31. The van der Waals surface area contributed by atoms with E-state index in [1.807, 2.05) is 0 Å². The summed E-state index contributed by atoms with van der Waals surface area (Å²) in [5, 5.41) is 2.08. The molecule has 0 amide bonds. The van der Waals surface area contributed by atoms with Crippen LogP contribution in [0.2, 0.25) is 0 Å². The van der Waals surface area contributed by atoms with E-state index < -0.39 is 10.0 Å². The molecule has 1 aromatic carbocycles. The Morgan fingerprint density at radius 3 is 2.82 bits per heavy atom. The molecule has 0 radical (unpaired) electrons. The summed E-state index contributed by atoms with van der Waals surface area (Å²) in [7, 11) is -3.57. The van der Waals surface area contributed by atoms with E-state index in [1.165, 1.54) is 11.3 Å². The molecule has 90 valence electrons. The Kier molecular flexibility index (Phi) is 3.50. The van der Waals surface area contributed by atoms with Gasteiger partial charge in [0.25, 0.3) is 10.0 Å². The summed E-state index contributed by atoms with van der Waals surface area (Å²) in [6, 6.07) is 5.13. The van der Waals surface area contributed by atoms with Gasteiger partial charge in [0.15, 0.2) is 5.13 Å². The Morgan fingerprint density at radius 1 is 1.41 bits per heavy atom. The molecule has 0 atom stereocenters. The number of thiazole rings is 1. The van der Waals surface area contributed by atoms with Crippen molar-refractivity contribution in [2.24, 2.45) is 0 Å². The van der Waals surface area contributed by atoms with Crippen LogP contribution in [0, 0.1) is 6.92 Å². The molecule has 2 aromatic rings. The fraction of sp³-hybridized carbons (Fsp3) is 0.100. The van der Waals surface area contributed by atoms with Gasteiger partial charge in [-0.1, -0.05) is 22.0 Å². The maximum atomic E-state index is 12.1. The number of aromatic nitrogens is 1. The highest BCUT2D eigenvalue weighted by molar-refractivity contribution is 9.10. The van der Waals surface area contributed by atoms with Crippen molar-refractivity contribution >= 4 is 42.4 Å². The summed E-state index contributed by atoms with van der Waals surface area (Å²) < 4.78 is 27.4. The van der Waals surface area contributed by atoms with E-state index in [9.17, 15) is 8.42 Å². The van der Waals surface area contributed by atoms with E-state index in [2.05, 4.69) is 25.6 Å². The Balaban J connectivity index is 2.41. The summed E-state index contributed by atoms with van der Waals surface area (Å²) in [6.07, 6.45) is 1.55. The van der Waals surface area contributed by atoms with Gasteiger partial charge < -0.3 is 0 Å². The lowest BCUT2D eigenvalue weighted by molar-refractivity contribution is 0.600. The molecule has 0 unspecified atom stereocenters. The summed E-state index contributed by atoms with van der Waals surface area (Å²) in [6.45, 7) is 1.75. The molecule has 17 heavy (non-hydrogen) atoms. The van der Waals surface area contributed by atoms with Gasteiger partial charge >= 0.3 is 0 Å². The number of sulfonamides is 1. The van der Waals surface area contributed by atoms with Gasteiger partial charge in [0, 0.05) is 16.0 Å². The Labute approximate surface area is 112 Å². The fourth-order valence-corrected chi connectivity index (χ4v) is 3.88. The van der Waals surface area contributed by atoms with Crippen molar-refractivity contribution in [3.05, 3.63) is 39.8 Å². The van der Waals surface area contributed by atoms with Crippen molar-refractivity contribution in [2.45, 2.75) is 11.8 Å². The van der Waals surface area contributed by atoms with Crippen molar-refractivity contribution < 1.29 is 8.42 Å². The van der Waals surface area contributed by atoms with Crippen molar-refractivity contribution in [3.8, 4) is 0 Å². The molecule has 1 heterocycles. The predicted octanol–water partition coefficient (Wildman–Crippen LogP) is 3.01. The standard InChI is InChI=1S/C10H9BrN2O2S2/c1-7-2-3-8(11)6-9(7)17(14,15)13-10-12-4-5-16-10/h2-6H,1H3,(H,12,13). The van der Waals surface area contributed by atoms with E-state index in [0.717, 1.165) is 4.47 Å². The first kappa shape index (κ1) is 12.5. The van der Waals surface area contributed by atoms with Crippen LogP contribution in [0.4, 0.5) is 5.13 Å². The molecule has 0 bridgehead atoms. The lowest BCUT2D eigenvalue weighted by Gasteiger charge is -2.08. The molecule has 0 saturated carbocycles. The smallest absolute Gasteiger partial charge is 0.255 e. The van der Waals surface area contributed by atoms with Crippen LogP contribution in [0.1, 0.15) is 5.56 Å². The minimum absolute atomic E-state index is 0.252. The number of aryl methyl sites for hydroxylation is 1. The van der Waals surface area contributed by atoms with Crippen molar-refractivity contribution in [3.63, 3.8) is 0 Å². The first-order valence-corrected chi connectivity index (χ1v) is 7.83. The van der Waals surface area contributed by atoms with E-state index in [-0.39, 0.29) is 4.90 Å². The molecule has 0 spiro atoms. The lowest BCUT2D eigenvalue weighted by Crippen LogP contribution is -2.14. The van der Waals surface area contributed by atoms with Crippen LogP contribution in [0.5, 0.6) is 0 Å². The average molecular weight is 333 g/mol. The minimum Gasteiger partial charge on any atom is -0.255 e. The van der Waals surface area contributed by atoms with Gasteiger partial charge in [-0.05, 0) is 24.6 Å². The first-order chi connectivity index (χ1) is 7.99. The van der Waals surface area contributed by atoms with Gasteiger partial charge in [0.2, 0.25) is 0 Å². The monoisotopic (exact) mass is 332 g/mol. The van der Waals surface area contributed by atoms with E-state index in [4.69, 9.17) is 0 Å². The summed E-state index contributed by atoms with van der Waals surface area (Å²) in [5.41, 5.74) is 0.692. The molecule has 0 aliphatic carbocycles. The molecule has 7 heteroatoms. The third-order valence-corrected chi connectivity index (χ3v) is 4.89. The number of nitrogens with one attached hydrogen (secondary N) is 1. The zero-order chi connectivity index (χ0) is 12.5. The van der Waals surface area contributed by atoms with Gasteiger partial charge in [0.05, 0.1) is 4.90 Å². The van der Waals surface area contributed by atoms with Crippen LogP contribution in [0.15, 0.2) is 39.1 Å². The van der Waals surface area contributed by atoms with Crippen LogP contribution in [0.25, 0.3) is 0 Å². The van der Waals surface area contributed by atoms with Crippen molar-refractivity contribution in [2.75, 3.05) is 4.72 Å². The Morgan fingerprint density at radius 2 is 2.18 bits per heavy atom. The van der Waals surface area contributed by atoms with Crippen molar-refractivity contribution in [1.29, 1.82) is 0 Å². The third kappa shape index (κ3) is 2.85. The van der Waals surface area contributed by atoms with E-state index >= 15 is 0 Å². The molecular formula is C10H9BrN2O2S2. The SMILES string of the molecule is Cc1ccc(Br)cc1S(=O)(=O)Nc1nccs1. The molecule has 0 saturated heterocycles. The summed E-state index contributed by atoms with van der Waals surface area (Å²) >= 11 is 4.50. The average Bonchev–Trinajstić information content (AvgIpc) is 2.73. The Hall–Kier alpha value is -0.920. The van der Waals surface area contributed by atoms with Crippen LogP contribution in [-0.2, 0) is 10.0 Å². The second-order valence-electron chi connectivity index (χ2n) is 3.35. The van der Waals surface area contributed by atoms with Crippen LogP contribution in [0.3, 0.4) is 0 Å². The molecule has 0 aliphatic heterocycles. The number of hydrogen-bond donors (Lipinski definition) is 1. The minimum atomic E-state index is -3.57. The highest BCUT2D eigenvalue weighted by Crippen LogP contribution is 2.23. The number of rotatable bonds is 3. The second kappa shape index (κ2) is 4.75. The number of anilines is 1. The Bertz CT molecular complexity index is 624. The summed E-state index contributed by atoms with van der Waals surface area (Å²) in [4.78, 5) is 4.15. The predicted molar refractivity (Wildman–Crippen MR) is 71.8 cm³/mol. The number of benzene rings is 1. The molecule has 0 fully saturated rings. The second-order valence-corrected chi connectivity index (χ2v) is 6.81. The number of halogens is 1. The van der Waals surface area contributed by atoms with E-state index in [0.29, 0.717) is 10.7 Å². The van der Waals surface area contributed by atoms with Gasteiger partial charge in [-0.25, -0.2) is 13.4 Å². The van der Waals surface area contributed by atoms with Crippen molar-refractivity contribution in [1.82, 2.24) is 4.98 Å². The number of hydrogen-bond acceptors (Lipinski definition) is 4. The lowest BCUT2D eigenvalue weighted by atomic mass is 10.2. The largest absolute Gasteiger partial charge is 0.263 e. The maximum Gasteiger partial charge on any atom is 0.263 e. The molecule has 1 N–H and O–H groups in total. The number of nitrogens with zero attached hydrogens (tertiary/aromatic N) is 1. The van der Waals surface area contributed by atoms with Crippen LogP contribution >= 0.6 is 27.3 Å². The topological polar surface area (TPSA) is 59.1 Å². The first-order valence-electron chi connectivity index (χ1n) is 4.67. The van der Waals surface area contributed by atoms with Crippen LogP contribution < -0.4 is 4.72 Å². The van der Waals surface area contributed by atoms with Gasteiger partial charge in [-0.3, -0.25) is 4.72 Å². The maximum absolute atomic E-state index is 12.1. The molecular weight excluding hydrogens is 324 g/mol. The highest BCUT2D eigenvalue weighted by Gasteiger charge is 2.18. The molecule has 1 aromatic heterocycles.